The van der Waals surface area contributed by atoms with Gasteiger partial charge in [0.2, 0.25) is 5.91 Å². The first-order valence-electron chi connectivity index (χ1n) is 10.3. The number of hydrogen-bond donors (Lipinski definition) is 1. The molecule has 0 spiro atoms. The van der Waals surface area contributed by atoms with E-state index >= 15 is 0 Å². The molecule has 29 heavy (non-hydrogen) atoms. The standard InChI is InChI=1S/C22H25N5OS/c28-22(17-6-7-17)25-20-8-11-23-27(20)18-9-12-26(13-10-18)14-21-24-19(15-29-21)16-4-2-1-3-5-16/h1-5,8,11,15,17-18H,6-7,9-10,12-14H2,(H,25,28). The number of amides is 1. The summed E-state index contributed by atoms with van der Waals surface area (Å²) in [6, 6.07) is 12.6. The molecule has 2 aromatic heterocycles. The first-order valence-corrected chi connectivity index (χ1v) is 11.2. The van der Waals surface area contributed by atoms with Crippen molar-refractivity contribution in [1.29, 1.82) is 0 Å². The molecule has 6 nitrogen and oxygen atoms in total. The minimum atomic E-state index is 0.141. The van der Waals surface area contributed by atoms with Crippen molar-refractivity contribution >= 4 is 23.1 Å². The summed E-state index contributed by atoms with van der Waals surface area (Å²) in [7, 11) is 0. The largest absolute Gasteiger partial charge is 0.311 e. The van der Waals surface area contributed by atoms with Crippen LogP contribution in [-0.2, 0) is 11.3 Å². The fourth-order valence-electron chi connectivity index (χ4n) is 3.92. The fraction of sp³-hybridized carbons (Fsp3) is 0.409. The van der Waals surface area contributed by atoms with Crippen LogP contribution < -0.4 is 5.32 Å². The smallest absolute Gasteiger partial charge is 0.228 e. The Kier molecular flexibility index (Phi) is 5.16. The first kappa shape index (κ1) is 18.5. The molecule has 1 aliphatic carbocycles. The van der Waals surface area contributed by atoms with Gasteiger partial charge in [-0.1, -0.05) is 30.3 Å². The molecule has 150 valence electrons. The van der Waals surface area contributed by atoms with E-state index in [0.717, 1.165) is 56.8 Å². The lowest BCUT2D eigenvalue weighted by Crippen LogP contribution is -2.35. The third-order valence-corrected chi connectivity index (χ3v) is 6.59. The van der Waals surface area contributed by atoms with Crippen LogP contribution in [0.2, 0.25) is 0 Å². The van der Waals surface area contributed by atoms with Crippen LogP contribution in [0.5, 0.6) is 0 Å². The van der Waals surface area contributed by atoms with Crippen LogP contribution >= 0.6 is 11.3 Å². The van der Waals surface area contributed by atoms with Crippen LogP contribution in [0.4, 0.5) is 5.82 Å². The van der Waals surface area contributed by atoms with Crippen molar-refractivity contribution < 1.29 is 4.79 Å². The molecule has 1 aliphatic heterocycles. The van der Waals surface area contributed by atoms with Crippen molar-refractivity contribution in [2.75, 3.05) is 18.4 Å². The number of piperidine rings is 1. The third kappa shape index (κ3) is 4.26. The van der Waals surface area contributed by atoms with Gasteiger partial charge in [0, 0.05) is 36.0 Å². The maximum absolute atomic E-state index is 12.1. The minimum Gasteiger partial charge on any atom is -0.311 e. The van der Waals surface area contributed by atoms with E-state index in [9.17, 15) is 4.79 Å². The summed E-state index contributed by atoms with van der Waals surface area (Å²) in [4.78, 5) is 19.4. The van der Waals surface area contributed by atoms with E-state index in [2.05, 4.69) is 45.0 Å². The van der Waals surface area contributed by atoms with Gasteiger partial charge in [-0.05, 0) is 25.7 Å². The lowest BCUT2D eigenvalue weighted by Gasteiger charge is -2.32. The molecule has 5 rings (SSSR count). The number of aromatic nitrogens is 3. The molecule has 7 heteroatoms. The maximum Gasteiger partial charge on any atom is 0.228 e. The zero-order chi connectivity index (χ0) is 19.6. The topological polar surface area (TPSA) is 63.1 Å². The van der Waals surface area contributed by atoms with Gasteiger partial charge in [0.05, 0.1) is 24.5 Å². The van der Waals surface area contributed by atoms with Gasteiger partial charge in [-0.2, -0.15) is 5.10 Å². The number of thiazole rings is 1. The highest BCUT2D eigenvalue weighted by molar-refractivity contribution is 7.09. The molecule has 0 radical (unpaired) electrons. The molecule has 2 fully saturated rings. The molecule has 1 amide bonds. The highest BCUT2D eigenvalue weighted by Crippen LogP contribution is 2.32. The average Bonchev–Trinajstić information content (AvgIpc) is 3.35. The Balaban J connectivity index is 1.17. The van der Waals surface area contributed by atoms with Gasteiger partial charge in [0.1, 0.15) is 10.8 Å². The molecule has 0 bridgehead atoms. The van der Waals surface area contributed by atoms with E-state index in [4.69, 9.17) is 4.98 Å². The van der Waals surface area contributed by atoms with Gasteiger partial charge < -0.3 is 5.32 Å². The quantitative estimate of drug-likeness (QED) is 0.665. The van der Waals surface area contributed by atoms with Crippen molar-refractivity contribution in [1.82, 2.24) is 19.7 Å². The van der Waals surface area contributed by atoms with Crippen molar-refractivity contribution in [2.24, 2.45) is 5.92 Å². The van der Waals surface area contributed by atoms with Gasteiger partial charge >= 0.3 is 0 Å². The Labute approximate surface area is 174 Å². The Morgan fingerprint density at radius 1 is 1.10 bits per heavy atom. The lowest BCUT2D eigenvalue weighted by molar-refractivity contribution is -0.117. The van der Waals surface area contributed by atoms with Crippen LogP contribution in [0.3, 0.4) is 0 Å². The number of nitrogens with zero attached hydrogens (tertiary/aromatic N) is 4. The number of hydrogen-bond acceptors (Lipinski definition) is 5. The fourth-order valence-corrected chi connectivity index (χ4v) is 4.76. The zero-order valence-electron chi connectivity index (χ0n) is 16.3. The second kappa shape index (κ2) is 8.08. The van der Waals surface area contributed by atoms with Crippen molar-refractivity contribution in [2.45, 2.75) is 38.3 Å². The van der Waals surface area contributed by atoms with Gasteiger partial charge in [0.25, 0.3) is 0 Å². The molecule has 3 aromatic rings. The van der Waals surface area contributed by atoms with Gasteiger partial charge in [0.15, 0.2) is 0 Å². The van der Waals surface area contributed by atoms with Crippen LogP contribution in [0.1, 0.15) is 36.7 Å². The van der Waals surface area contributed by atoms with Crippen molar-refractivity contribution in [3.05, 3.63) is 53.0 Å². The Morgan fingerprint density at radius 3 is 2.66 bits per heavy atom. The van der Waals surface area contributed by atoms with E-state index in [1.807, 2.05) is 16.8 Å². The van der Waals surface area contributed by atoms with E-state index in [0.29, 0.717) is 6.04 Å². The first-order chi connectivity index (χ1) is 14.3. The highest BCUT2D eigenvalue weighted by Gasteiger charge is 2.31. The molecule has 1 saturated carbocycles. The minimum absolute atomic E-state index is 0.141. The number of carbonyl (C=O) groups excluding carboxylic acids is 1. The molecule has 2 aliphatic rings. The Bertz CT molecular complexity index is 970. The van der Waals surface area contributed by atoms with E-state index in [1.54, 1.807) is 17.5 Å². The maximum atomic E-state index is 12.1. The number of rotatable bonds is 6. The Morgan fingerprint density at radius 2 is 1.90 bits per heavy atom. The van der Waals surface area contributed by atoms with Gasteiger partial charge in [-0.3, -0.25) is 9.69 Å². The average molecular weight is 408 g/mol. The number of carbonyl (C=O) groups is 1. The second-order valence-corrected chi connectivity index (χ2v) is 8.87. The molecule has 1 saturated heterocycles. The van der Waals surface area contributed by atoms with Crippen LogP contribution in [0, 0.1) is 5.92 Å². The summed E-state index contributed by atoms with van der Waals surface area (Å²) in [6.07, 6.45) is 5.88. The second-order valence-electron chi connectivity index (χ2n) is 7.92. The summed E-state index contributed by atoms with van der Waals surface area (Å²) in [5, 5.41) is 10.9. The predicted octanol–water partition coefficient (Wildman–Crippen LogP) is 4.19. The number of likely N-dealkylation sites (tertiary alicyclic amines) is 1. The summed E-state index contributed by atoms with van der Waals surface area (Å²) in [5.41, 5.74) is 2.24. The number of benzene rings is 1. The predicted molar refractivity (Wildman–Crippen MR) is 115 cm³/mol. The molecule has 3 heterocycles. The molecular weight excluding hydrogens is 382 g/mol. The normalized spacial score (nSPS) is 18.1. The monoisotopic (exact) mass is 407 g/mol. The number of anilines is 1. The third-order valence-electron chi connectivity index (χ3n) is 5.75. The molecule has 0 atom stereocenters. The van der Waals surface area contributed by atoms with Crippen molar-refractivity contribution in [3.63, 3.8) is 0 Å². The molecule has 1 aromatic carbocycles. The van der Waals surface area contributed by atoms with E-state index in [-0.39, 0.29) is 11.8 Å². The summed E-state index contributed by atoms with van der Waals surface area (Å²) < 4.78 is 2.01. The molecular formula is C22H25N5OS. The highest BCUT2D eigenvalue weighted by atomic mass is 32.1. The van der Waals surface area contributed by atoms with Crippen molar-refractivity contribution in [3.8, 4) is 11.3 Å². The van der Waals surface area contributed by atoms with Gasteiger partial charge in [-0.25, -0.2) is 9.67 Å². The lowest BCUT2D eigenvalue weighted by atomic mass is 10.1. The summed E-state index contributed by atoms with van der Waals surface area (Å²) in [6.45, 7) is 2.93. The summed E-state index contributed by atoms with van der Waals surface area (Å²) >= 11 is 1.74. The zero-order valence-corrected chi connectivity index (χ0v) is 17.1. The van der Waals surface area contributed by atoms with Crippen LogP contribution in [0.25, 0.3) is 11.3 Å². The Hall–Kier alpha value is -2.51. The van der Waals surface area contributed by atoms with Crippen LogP contribution in [-0.4, -0.2) is 38.7 Å². The summed E-state index contributed by atoms with van der Waals surface area (Å²) in [5.74, 6) is 1.19. The van der Waals surface area contributed by atoms with Crippen LogP contribution in [0.15, 0.2) is 48.0 Å². The number of nitrogens with one attached hydrogen (secondary N) is 1. The van der Waals surface area contributed by atoms with E-state index in [1.165, 1.54) is 10.6 Å². The molecule has 0 unspecified atom stereocenters. The van der Waals surface area contributed by atoms with Gasteiger partial charge in [-0.15, -0.1) is 11.3 Å². The SMILES string of the molecule is O=C(Nc1ccnn1C1CCN(Cc2nc(-c3ccccc3)cs2)CC1)C1CC1. The van der Waals surface area contributed by atoms with E-state index < -0.39 is 0 Å². The molecule has 1 N–H and O–H groups in total.